The average molecular weight is 529 g/mol. The monoisotopic (exact) mass is 528 g/mol. The fourth-order valence-electron chi connectivity index (χ4n) is 4.24. The molecule has 1 saturated heterocycles. The fraction of sp³-hybridized carbons (Fsp3) is 0.375. The van der Waals surface area contributed by atoms with E-state index in [1.807, 2.05) is 4.90 Å². The molecular formula is C24H24ClF3N2O4S. The number of methoxy groups -OCH3 is 1. The van der Waals surface area contributed by atoms with Gasteiger partial charge in [0.2, 0.25) is 0 Å². The number of rotatable bonds is 7. The summed E-state index contributed by atoms with van der Waals surface area (Å²) in [5, 5.41) is 20.8. The third-order valence-electron chi connectivity index (χ3n) is 5.87. The van der Waals surface area contributed by atoms with Gasteiger partial charge in [0.05, 0.1) is 29.8 Å². The predicted molar refractivity (Wildman–Crippen MR) is 130 cm³/mol. The molecule has 0 bridgehead atoms. The number of aliphatic hydroxyl groups is 2. The number of halogens is 4. The summed E-state index contributed by atoms with van der Waals surface area (Å²) in [7, 11) is 1.42. The van der Waals surface area contributed by atoms with E-state index in [1.165, 1.54) is 13.2 Å². The highest BCUT2D eigenvalue weighted by atomic mass is 35.5. The molecular weight excluding hydrogens is 505 g/mol. The lowest BCUT2D eigenvalue weighted by Gasteiger charge is -2.20. The van der Waals surface area contributed by atoms with Crippen molar-refractivity contribution in [1.82, 2.24) is 9.88 Å². The number of benzene rings is 2. The molecule has 0 amide bonds. The van der Waals surface area contributed by atoms with Crippen molar-refractivity contribution in [3.05, 3.63) is 57.3 Å². The smallest absolute Gasteiger partial charge is 0.416 e. The predicted octanol–water partition coefficient (Wildman–Crippen LogP) is 4.40. The molecule has 6 nitrogen and oxygen atoms in total. The molecule has 3 N–H and O–H groups in total. The summed E-state index contributed by atoms with van der Waals surface area (Å²) < 4.78 is 46.0. The molecule has 35 heavy (non-hydrogen) atoms. The Labute approximate surface area is 208 Å². The van der Waals surface area contributed by atoms with Crippen molar-refractivity contribution in [3.63, 3.8) is 0 Å². The van der Waals surface area contributed by atoms with Crippen LogP contribution < -0.4 is 10.3 Å². The number of ether oxygens (including phenoxy) is 1. The summed E-state index contributed by atoms with van der Waals surface area (Å²) in [6.45, 7) is 1.43. The van der Waals surface area contributed by atoms with Crippen LogP contribution in [0.5, 0.6) is 5.75 Å². The maximum Gasteiger partial charge on any atom is 0.416 e. The van der Waals surface area contributed by atoms with Crippen LogP contribution >= 0.6 is 23.4 Å². The number of fused-ring (bicyclic) bond motifs is 1. The van der Waals surface area contributed by atoms with E-state index in [4.69, 9.17) is 16.3 Å². The van der Waals surface area contributed by atoms with Crippen LogP contribution in [0, 0.1) is 0 Å². The van der Waals surface area contributed by atoms with Crippen molar-refractivity contribution >= 4 is 34.3 Å². The number of aromatic nitrogens is 1. The summed E-state index contributed by atoms with van der Waals surface area (Å²) in [6, 6.07) is 7.84. The number of alkyl halides is 3. The normalized spacial score (nSPS) is 17.7. The van der Waals surface area contributed by atoms with Crippen LogP contribution in [0.4, 0.5) is 13.2 Å². The maximum absolute atomic E-state index is 13.5. The van der Waals surface area contributed by atoms with E-state index in [1.54, 1.807) is 18.2 Å². The molecule has 4 rings (SSSR count). The van der Waals surface area contributed by atoms with Crippen molar-refractivity contribution in [1.29, 1.82) is 0 Å². The number of hydrogen-bond donors (Lipinski definition) is 3. The van der Waals surface area contributed by atoms with Gasteiger partial charge in [0.25, 0.3) is 5.56 Å². The minimum Gasteiger partial charge on any atom is -0.496 e. The number of pyridine rings is 1. The third kappa shape index (κ3) is 5.78. The van der Waals surface area contributed by atoms with Gasteiger partial charge in [-0.2, -0.15) is 13.2 Å². The van der Waals surface area contributed by atoms with E-state index in [2.05, 4.69) is 4.98 Å². The van der Waals surface area contributed by atoms with Crippen LogP contribution in [0.1, 0.15) is 12.0 Å². The van der Waals surface area contributed by atoms with Gasteiger partial charge in [-0.25, -0.2) is 0 Å². The lowest BCUT2D eigenvalue weighted by Crippen LogP contribution is -2.32. The second kappa shape index (κ2) is 10.4. The van der Waals surface area contributed by atoms with Crippen molar-refractivity contribution in [2.75, 3.05) is 32.5 Å². The number of thioether (sulfide) groups is 1. The Morgan fingerprint density at radius 2 is 2.06 bits per heavy atom. The number of nitrogens with zero attached hydrogens (tertiary/aromatic N) is 1. The highest BCUT2D eigenvalue weighted by molar-refractivity contribution is 7.99. The fourth-order valence-corrected chi connectivity index (χ4v) is 5.42. The zero-order valence-electron chi connectivity index (χ0n) is 18.7. The molecule has 1 aliphatic rings. The van der Waals surface area contributed by atoms with Crippen LogP contribution in [-0.4, -0.2) is 64.8 Å². The van der Waals surface area contributed by atoms with E-state index in [9.17, 15) is 28.2 Å². The molecule has 2 unspecified atom stereocenters. The molecule has 11 heteroatoms. The first-order valence-corrected chi connectivity index (χ1v) is 12.3. The molecule has 0 radical (unpaired) electrons. The first-order valence-electron chi connectivity index (χ1n) is 10.9. The molecule has 3 aromatic rings. The molecule has 1 aromatic heterocycles. The van der Waals surface area contributed by atoms with Gasteiger partial charge in [0.15, 0.2) is 0 Å². The van der Waals surface area contributed by atoms with Gasteiger partial charge in [0, 0.05) is 52.4 Å². The first kappa shape index (κ1) is 25.8. The molecule has 1 aliphatic heterocycles. The number of nitrogens with one attached hydrogen (secondary N) is 1. The zero-order valence-corrected chi connectivity index (χ0v) is 20.3. The molecule has 0 aliphatic carbocycles. The van der Waals surface area contributed by atoms with Gasteiger partial charge in [-0.1, -0.05) is 11.6 Å². The Kier molecular flexibility index (Phi) is 7.68. The minimum atomic E-state index is -4.58. The quantitative estimate of drug-likeness (QED) is 0.394. The Hall–Kier alpha value is -2.24. The van der Waals surface area contributed by atoms with Crippen molar-refractivity contribution in [2.45, 2.75) is 29.7 Å². The second-order valence-corrected chi connectivity index (χ2v) is 9.89. The number of likely N-dealkylation sites (tertiary alicyclic amines) is 1. The maximum atomic E-state index is 13.5. The topological polar surface area (TPSA) is 85.8 Å². The van der Waals surface area contributed by atoms with E-state index in [-0.39, 0.29) is 27.1 Å². The summed E-state index contributed by atoms with van der Waals surface area (Å²) in [5.41, 5.74) is -0.500. The van der Waals surface area contributed by atoms with Gasteiger partial charge in [0.1, 0.15) is 5.75 Å². The van der Waals surface area contributed by atoms with E-state index in [0.717, 1.165) is 23.9 Å². The lowest BCUT2D eigenvalue weighted by molar-refractivity contribution is -0.137. The molecule has 1 fully saturated rings. The molecule has 0 saturated carbocycles. The van der Waals surface area contributed by atoms with E-state index < -0.39 is 29.5 Å². The molecule has 188 valence electrons. The third-order valence-corrected chi connectivity index (χ3v) is 7.33. The molecule has 2 aromatic carbocycles. The Bertz CT molecular complexity index is 1280. The van der Waals surface area contributed by atoms with Gasteiger partial charge in [-0.05, 0) is 42.8 Å². The number of hydrogen-bond acceptors (Lipinski definition) is 6. The Morgan fingerprint density at radius 1 is 1.29 bits per heavy atom. The largest absolute Gasteiger partial charge is 0.496 e. The van der Waals surface area contributed by atoms with Crippen LogP contribution in [-0.2, 0) is 6.18 Å². The molecule has 2 heterocycles. The summed E-state index contributed by atoms with van der Waals surface area (Å²) in [5.74, 6) is 0.461. The number of β-amino-alcohol motifs (C(OH)–C–C–N with tert-alkyl or cyclic N) is 2. The van der Waals surface area contributed by atoms with Crippen molar-refractivity contribution < 1.29 is 28.1 Å². The van der Waals surface area contributed by atoms with Crippen LogP contribution in [0.3, 0.4) is 0 Å². The highest BCUT2D eigenvalue weighted by Crippen LogP contribution is 2.42. The first-order chi connectivity index (χ1) is 16.6. The summed E-state index contributed by atoms with van der Waals surface area (Å²) >= 11 is 7.26. The SMILES string of the molecule is COc1ccc(Cl)cc1-c1c(SCC(O)CN2CCC(O)C2)c(=O)[nH]c2ccc(C(F)(F)F)cc12. The van der Waals surface area contributed by atoms with Crippen LogP contribution in [0.25, 0.3) is 22.0 Å². The number of H-pyrrole nitrogens is 1. The van der Waals surface area contributed by atoms with E-state index in [0.29, 0.717) is 42.4 Å². The van der Waals surface area contributed by atoms with Gasteiger partial charge in [-0.15, -0.1) is 11.8 Å². The number of aliphatic hydroxyl groups excluding tert-OH is 2. The molecule has 0 spiro atoms. The highest BCUT2D eigenvalue weighted by Gasteiger charge is 2.31. The number of aromatic amines is 1. The Balaban J connectivity index is 1.81. The second-order valence-electron chi connectivity index (χ2n) is 8.43. The van der Waals surface area contributed by atoms with Gasteiger partial charge >= 0.3 is 6.18 Å². The molecule has 2 atom stereocenters. The van der Waals surface area contributed by atoms with Crippen molar-refractivity contribution in [3.8, 4) is 16.9 Å². The zero-order chi connectivity index (χ0) is 25.3. The van der Waals surface area contributed by atoms with E-state index >= 15 is 0 Å². The summed E-state index contributed by atoms with van der Waals surface area (Å²) in [4.78, 5) is 17.8. The minimum absolute atomic E-state index is 0.121. The van der Waals surface area contributed by atoms with Crippen LogP contribution in [0.15, 0.2) is 46.1 Å². The lowest BCUT2D eigenvalue weighted by atomic mass is 9.98. The average Bonchev–Trinajstić information content (AvgIpc) is 3.20. The summed E-state index contributed by atoms with van der Waals surface area (Å²) in [6.07, 6.45) is -5.20. The Morgan fingerprint density at radius 3 is 2.71 bits per heavy atom. The van der Waals surface area contributed by atoms with Gasteiger partial charge < -0.3 is 19.9 Å². The standard InChI is InChI=1S/C24H24ClF3N2O4S/c1-34-20-5-3-14(25)9-18(20)21-17-8-13(24(26,27)28)2-4-19(17)29-23(33)22(21)35-12-16(32)11-30-7-6-15(31)10-30/h2-5,8-9,15-16,31-32H,6-7,10-12H2,1H3,(H,29,33). The van der Waals surface area contributed by atoms with Crippen molar-refractivity contribution in [2.24, 2.45) is 0 Å². The van der Waals surface area contributed by atoms with Crippen LogP contribution in [0.2, 0.25) is 5.02 Å². The van der Waals surface area contributed by atoms with Gasteiger partial charge in [-0.3, -0.25) is 9.69 Å².